The zero-order valence-electron chi connectivity index (χ0n) is 12.0. The van der Waals surface area contributed by atoms with E-state index in [4.69, 9.17) is 0 Å². The van der Waals surface area contributed by atoms with Gasteiger partial charge in [-0.05, 0) is 42.0 Å². The van der Waals surface area contributed by atoms with E-state index in [1.54, 1.807) is 0 Å². The first-order valence-electron chi connectivity index (χ1n) is 7.43. The minimum absolute atomic E-state index is 0.0963. The van der Waals surface area contributed by atoms with Crippen LogP contribution < -0.4 is 5.32 Å². The van der Waals surface area contributed by atoms with E-state index in [0.717, 1.165) is 24.1 Å². The lowest BCUT2D eigenvalue weighted by Crippen LogP contribution is -2.14. The monoisotopic (exact) mass is 277 g/mol. The molecule has 1 N–H and O–H groups in total. The summed E-state index contributed by atoms with van der Waals surface area (Å²) >= 11 is 0. The molecule has 0 bridgehead atoms. The topological polar surface area (TPSA) is 29.1 Å². The zero-order valence-corrected chi connectivity index (χ0v) is 12.0. The molecular weight excluding hydrogens is 258 g/mol. The van der Waals surface area contributed by atoms with Crippen molar-refractivity contribution in [3.8, 4) is 11.1 Å². The Kier molecular flexibility index (Phi) is 4.15. The molecule has 2 aromatic rings. The van der Waals surface area contributed by atoms with Crippen LogP contribution in [0.5, 0.6) is 0 Å². The van der Waals surface area contributed by atoms with Gasteiger partial charge in [-0.1, -0.05) is 54.6 Å². The van der Waals surface area contributed by atoms with Crippen molar-refractivity contribution in [2.45, 2.75) is 19.3 Å². The van der Waals surface area contributed by atoms with Gasteiger partial charge in [0.05, 0.1) is 0 Å². The van der Waals surface area contributed by atoms with Gasteiger partial charge in [0.15, 0.2) is 0 Å². The summed E-state index contributed by atoms with van der Waals surface area (Å²) in [6, 6.07) is 18.2. The molecule has 1 aliphatic rings. The van der Waals surface area contributed by atoms with Crippen molar-refractivity contribution in [1.82, 2.24) is 0 Å². The van der Waals surface area contributed by atoms with Crippen molar-refractivity contribution in [3.63, 3.8) is 0 Å². The van der Waals surface area contributed by atoms with E-state index < -0.39 is 0 Å². The second-order valence-electron chi connectivity index (χ2n) is 5.46. The van der Waals surface area contributed by atoms with E-state index in [0.29, 0.717) is 12.3 Å². The molecule has 2 aromatic carbocycles. The smallest absolute Gasteiger partial charge is 0.224 e. The number of amides is 1. The maximum Gasteiger partial charge on any atom is 0.224 e. The van der Waals surface area contributed by atoms with E-state index in [-0.39, 0.29) is 5.91 Å². The second kappa shape index (κ2) is 6.40. The van der Waals surface area contributed by atoms with Crippen LogP contribution in [-0.2, 0) is 4.79 Å². The number of anilines is 1. The fourth-order valence-corrected chi connectivity index (χ4v) is 2.69. The van der Waals surface area contributed by atoms with E-state index in [1.807, 2.05) is 42.5 Å². The number of benzene rings is 2. The molecule has 1 aliphatic carbocycles. The molecule has 0 spiro atoms. The summed E-state index contributed by atoms with van der Waals surface area (Å²) in [4.78, 5) is 12.0. The third-order valence-corrected chi connectivity index (χ3v) is 3.84. The first-order valence-corrected chi connectivity index (χ1v) is 7.43. The highest BCUT2D eigenvalue weighted by atomic mass is 16.1. The molecule has 1 amide bonds. The van der Waals surface area contributed by atoms with Gasteiger partial charge in [-0.25, -0.2) is 0 Å². The Morgan fingerprint density at radius 3 is 2.38 bits per heavy atom. The molecule has 0 aromatic heterocycles. The van der Waals surface area contributed by atoms with Crippen LogP contribution in [0.15, 0.2) is 66.7 Å². The van der Waals surface area contributed by atoms with Gasteiger partial charge in [0.1, 0.15) is 0 Å². The first kappa shape index (κ1) is 13.6. The molecule has 106 valence electrons. The lowest BCUT2D eigenvalue weighted by Gasteiger charge is -2.09. The first-order chi connectivity index (χ1) is 10.3. The zero-order chi connectivity index (χ0) is 14.5. The number of nitrogens with one attached hydrogen (secondary N) is 1. The Labute approximate surface area is 125 Å². The number of hydrogen-bond donors (Lipinski definition) is 1. The predicted molar refractivity (Wildman–Crippen MR) is 87.0 cm³/mol. The van der Waals surface area contributed by atoms with Crippen molar-refractivity contribution in [3.05, 3.63) is 66.7 Å². The van der Waals surface area contributed by atoms with Gasteiger partial charge in [0.2, 0.25) is 5.91 Å². The molecule has 2 heteroatoms. The second-order valence-corrected chi connectivity index (χ2v) is 5.46. The van der Waals surface area contributed by atoms with Crippen LogP contribution in [0.25, 0.3) is 11.1 Å². The highest BCUT2D eigenvalue weighted by Gasteiger charge is 2.13. The predicted octanol–water partition coefficient (Wildman–Crippen LogP) is 4.65. The van der Waals surface area contributed by atoms with Crippen LogP contribution in [-0.4, -0.2) is 5.91 Å². The van der Waals surface area contributed by atoms with Crippen molar-refractivity contribution >= 4 is 11.6 Å². The average molecular weight is 277 g/mol. The van der Waals surface area contributed by atoms with Gasteiger partial charge in [0.25, 0.3) is 0 Å². The van der Waals surface area contributed by atoms with E-state index in [1.165, 1.54) is 5.56 Å². The SMILES string of the molecule is O=C(C[C@H]1C=CCC1)Nc1ccc(-c2ccccc2)cc1. The Hall–Kier alpha value is -2.35. The van der Waals surface area contributed by atoms with Crippen LogP contribution in [0.4, 0.5) is 5.69 Å². The summed E-state index contributed by atoms with van der Waals surface area (Å²) in [5.74, 6) is 0.507. The summed E-state index contributed by atoms with van der Waals surface area (Å²) in [5, 5.41) is 2.97. The average Bonchev–Trinajstić information content (AvgIpc) is 3.02. The van der Waals surface area contributed by atoms with Crippen LogP contribution in [0.1, 0.15) is 19.3 Å². The highest BCUT2D eigenvalue weighted by Crippen LogP contribution is 2.23. The summed E-state index contributed by atoms with van der Waals surface area (Å²) in [5.41, 5.74) is 3.21. The normalized spacial score (nSPS) is 16.9. The fourth-order valence-electron chi connectivity index (χ4n) is 2.69. The Balaban J connectivity index is 1.62. The van der Waals surface area contributed by atoms with Crippen LogP contribution in [0.2, 0.25) is 0 Å². The molecule has 3 rings (SSSR count). The van der Waals surface area contributed by atoms with E-state index in [2.05, 4.69) is 29.6 Å². The minimum Gasteiger partial charge on any atom is -0.326 e. The van der Waals surface area contributed by atoms with Crippen molar-refractivity contribution in [2.75, 3.05) is 5.32 Å². The maximum atomic E-state index is 12.0. The van der Waals surface area contributed by atoms with Gasteiger partial charge in [-0.2, -0.15) is 0 Å². The molecule has 0 unspecified atom stereocenters. The number of carbonyl (C=O) groups excluding carboxylic acids is 1. The summed E-state index contributed by atoms with van der Waals surface area (Å²) in [6.45, 7) is 0. The van der Waals surface area contributed by atoms with Crippen molar-refractivity contribution < 1.29 is 4.79 Å². The summed E-state index contributed by atoms with van der Waals surface area (Å²) < 4.78 is 0. The lowest BCUT2D eigenvalue weighted by atomic mass is 10.0. The molecule has 0 saturated carbocycles. The number of rotatable bonds is 4. The van der Waals surface area contributed by atoms with E-state index in [9.17, 15) is 4.79 Å². The van der Waals surface area contributed by atoms with Crippen molar-refractivity contribution in [1.29, 1.82) is 0 Å². The van der Waals surface area contributed by atoms with Crippen LogP contribution in [0.3, 0.4) is 0 Å². The standard InChI is InChI=1S/C19H19NO/c21-19(14-15-6-4-5-7-15)20-18-12-10-17(11-13-18)16-8-2-1-3-9-16/h1-4,6,8-13,15H,5,7,14H2,(H,20,21)/t15-/m0/s1. The van der Waals surface area contributed by atoms with Gasteiger partial charge in [0, 0.05) is 12.1 Å². The van der Waals surface area contributed by atoms with E-state index >= 15 is 0 Å². The number of allylic oxidation sites excluding steroid dienone is 2. The molecule has 1 atom stereocenters. The van der Waals surface area contributed by atoms with Crippen LogP contribution >= 0.6 is 0 Å². The van der Waals surface area contributed by atoms with Gasteiger partial charge >= 0.3 is 0 Å². The quantitative estimate of drug-likeness (QED) is 0.810. The molecule has 0 saturated heterocycles. The largest absolute Gasteiger partial charge is 0.326 e. The number of carbonyl (C=O) groups is 1. The lowest BCUT2D eigenvalue weighted by molar-refractivity contribution is -0.116. The molecular formula is C19H19NO. The van der Waals surface area contributed by atoms with Crippen LogP contribution in [0, 0.1) is 5.92 Å². The molecule has 0 heterocycles. The molecule has 2 nitrogen and oxygen atoms in total. The Morgan fingerprint density at radius 2 is 1.71 bits per heavy atom. The summed E-state index contributed by atoms with van der Waals surface area (Å²) in [6.07, 6.45) is 7.09. The van der Waals surface area contributed by atoms with Gasteiger partial charge in [-0.15, -0.1) is 0 Å². The maximum absolute atomic E-state index is 12.0. The third-order valence-electron chi connectivity index (χ3n) is 3.84. The van der Waals surface area contributed by atoms with Gasteiger partial charge in [-0.3, -0.25) is 4.79 Å². The third kappa shape index (κ3) is 3.60. The molecule has 0 fully saturated rings. The Morgan fingerprint density at radius 1 is 1.00 bits per heavy atom. The highest BCUT2D eigenvalue weighted by molar-refractivity contribution is 5.91. The number of hydrogen-bond acceptors (Lipinski definition) is 1. The van der Waals surface area contributed by atoms with Crippen molar-refractivity contribution in [2.24, 2.45) is 5.92 Å². The molecule has 21 heavy (non-hydrogen) atoms. The minimum atomic E-state index is 0.0963. The fraction of sp³-hybridized carbons (Fsp3) is 0.211. The Bertz CT molecular complexity index is 628. The van der Waals surface area contributed by atoms with Gasteiger partial charge < -0.3 is 5.32 Å². The molecule has 0 radical (unpaired) electrons. The molecule has 0 aliphatic heterocycles. The summed E-state index contributed by atoms with van der Waals surface area (Å²) in [7, 11) is 0.